The Morgan fingerprint density at radius 3 is 1.98 bits per heavy atom. The van der Waals surface area contributed by atoms with E-state index in [9.17, 15) is 24.0 Å². The molecule has 1 saturated heterocycles. The molecule has 0 radical (unpaired) electrons. The monoisotopic (exact) mass is 530 g/mol. The van der Waals surface area contributed by atoms with Gasteiger partial charge in [0.05, 0.1) is 22.9 Å². The number of hydrogen-bond acceptors (Lipinski definition) is 6. The van der Waals surface area contributed by atoms with E-state index in [0.717, 1.165) is 10.5 Å². The van der Waals surface area contributed by atoms with Gasteiger partial charge in [0.2, 0.25) is 0 Å². The van der Waals surface area contributed by atoms with Gasteiger partial charge in [0.25, 0.3) is 17.7 Å². The van der Waals surface area contributed by atoms with E-state index in [2.05, 4.69) is 0 Å². The third-order valence-electron chi connectivity index (χ3n) is 7.00. The zero-order valence-electron chi connectivity index (χ0n) is 21.3. The second-order valence-electron chi connectivity index (χ2n) is 9.54. The molecule has 3 amide bonds. The molecule has 0 spiro atoms. The standard InChI is InChI=1S/C32H22N2O6/c1-19(35)40-24-15-13-23(14-16-24)33-31(38)25-17-12-22(18-26(25)32(33)39)30(37)34-27(20-8-4-2-5-9-20)28(34)29(36)21-10-6-3-7-11-21/h2-18,27-28H,1H3/t27-,28-,34?/m0/s1. The molecule has 1 fully saturated rings. The highest BCUT2D eigenvalue weighted by molar-refractivity contribution is 6.34. The van der Waals surface area contributed by atoms with Crippen LogP contribution in [-0.4, -0.2) is 40.4 Å². The summed E-state index contributed by atoms with van der Waals surface area (Å²) >= 11 is 0. The van der Waals surface area contributed by atoms with Crippen LogP contribution < -0.4 is 9.64 Å². The summed E-state index contributed by atoms with van der Waals surface area (Å²) in [5.41, 5.74) is 2.13. The van der Waals surface area contributed by atoms with Crippen LogP contribution in [0.4, 0.5) is 5.69 Å². The van der Waals surface area contributed by atoms with Crippen molar-refractivity contribution in [2.45, 2.75) is 19.0 Å². The van der Waals surface area contributed by atoms with Gasteiger partial charge < -0.3 is 9.64 Å². The van der Waals surface area contributed by atoms with E-state index < -0.39 is 35.8 Å². The third-order valence-corrected chi connectivity index (χ3v) is 7.00. The highest BCUT2D eigenvalue weighted by Gasteiger charge is 2.56. The minimum absolute atomic E-state index is 0.101. The summed E-state index contributed by atoms with van der Waals surface area (Å²) < 4.78 is 5.02. The number of anilines is 1. The minimum atomic E-state index is -0.685. The average Bonchev–Trinajstić information content (AvgIpc) is 3.67. The minimum Gasteiger partial charge on any atom is -0.427 e. The molecule has 8 heteroatoms. The fraction of sp³-hybridized carbons (Fsp3) is 0.0938. The fourth-order valence-corrected chi connectivity index (χ4v) is 5.11. The normalized spacial score (nSPS) is 17.4. The predicted octanol–water partition coefficient (Wildman–Crippen LogP) is 4.86. The molecule has 0 bridgehead atoms. The maximum atomic E-state index is 13.7. The average molecular weight is 531 g/mol. The number of Topliss-reactive ketones (excluding diaryl/α,β-unsaturated/α-hetero) is 1. The molecule has 0 N–H and O–H groups in total. The van der Waals surface area contributed by atoms with Crippen molar-refractivity contribution in [2.75, 3.05) is 4.90 Å². The first kappa shape index (κ1) is 24.9. The van der Waals surface area contributed by atoms with Crippen LogP contribution in [0.5, 0.6) is 5.75 Å². The first-order chi connectivity index (χ1) is 19.3. The van der Waals surface area contributed by atoms with Crippen LogP contribution in [0.15, 0.2) is 103 Å². The largest absolute Gasteiger partial charge is 0.427 e. The number of carbonyl (C=O) groups excluding carboxylic acids is 5. The second-order valence-corrected chi connectivity index (χ2v) is 9.54. The topological polar surface area (TPSA) is 101 Å². The molecule has 0 saturated carbocycles. The summed E-state index contributed by atoms with van der Waals surface area (Å²) in [5, 5.41) is 0. The van der Waals surface area contributed by atoms with E-state index >= 15 is 0 Å². The van der Waals surface area contributed by atoms with E-state index in [1.54, 1.807) is 24.3 Å². The number of ketones is 1. The van der Waals surface area contributed by atoms with Crippen LogP contribution in [0.25, 0.3) is 0 Å². The van der Waals surface area contributed by atoms with Gasteiger partial charge in [-0.15, -0.1) is 0 Å². The molecule has 8 nitrogen and oxygen atoms in total. The molecule has 40 heavy (non-hydrogen) atoms. The summed E-state index contributed by atoms with van der Waals surface area (Å²) in [5.74, 6) is -1.87. The van der Waals surface area contributed by atoms with Crippen LogP contribution in [0.2, 0.25) is 0 Å². The maximum Gasteiger partial charge on any atom is 0.308 e. The van der Waals surface area contributed by atoms with Crippen LogP contribution in [0.3, 0.4) is 0 Å². The van der Waals surface area contributed by atoms with Crippen LogP contribution >= 0.6 is 0 Å². The number of imide groups is 1. The second kappa shape index (κ2) is 9.74. The quantitative estimate of drug-likeness (QED) is 0.116. The number of hydrogen-bond donors (Lipinski definition) is 0. The summed E-state index contributed by atoms with van der Waals surface area (Å²) in [6.07, 6.45) is 0. The number of esters is 1. The lowest BCUT2D eigenvalue weighted by Gasteiger charge is -2.14. The molecule has 2 aliphatic rings. The summed E-state index contributed by atoms with van der Waals surface area (Å²) in [4.78, 5) is 67.2. The highest BCUT2D eigenvalue weighted by atomic mass is 16.5. The molecular weight excluding hydrogens is 508 g/mol. The molecule has 4 aromatic carbocycles. The Morgan fingerprint density at radius 2 is 1.32 bits per heavy atom. The summed E-state index contributed by atoms with van der Waals surface area (Å²) in [7, 11) is 0. The molecule has 2 atom stereocenters. The zero-order chi connectivity index (χ0) is 28.0. The number of carbonyl (C=O) groups is 5. The van der Waals surface area contributed by atoms with Crippen molar-refractivity contribution in [3.63, 3.8) is 0 Å². The SMILES string of the molecule is CC(=O)Oc1ccc(N2C(=O)c3ccc(C(=O)N4[C@H](C(=O)c5ccccc5)[C@@H]4c4ccccc4)cc3C2=O)cc1. The molecule has 0 aliphatic carbocycles. The lowest BCUT2D eigenvalue weighted by molar-refractivity contribution is -0.131. The zero-order valence-corrected chi connectivity index (χ0v) is 21.3. The first-order valence-electron chi connectivity index (χ1n) is 12.6. The Balaban J connectivity index is 1.29. The van der Waals surface area contributed by atoms with E-state index in [1.165, 1.54) is 54.3 Å². The Hall–Kier alpha value is -5.37. The van der Waals surface area contributed by atoms with Crippen LogP contribution in [0.1, 0.15) is 60.0 Å². The number of amides is 3. The van der Waals surface area contributed by atoms with Gasteiger partial charge in [-0.2, -0.15) is 0 Å². The van der Waals surface area contributed by atoms with Crippen molar-refractivity contribution < 1.29 is 28.7 Å². The fourth-order valence-electron chi connectivity index (χ4n) is 5.11. The molecule has 2 heterocycles. The van der Waals surface area contributed by atoms with Crippen molar-refractivity contribution in [3.8, 4) is 5.75 Å². The van der Waals surface area contributed by atoms with Gasteiger partial charge in [-0.05, 0) is 48.0 Å². The lowest BCUT2D eigenvalue weighted by atomic mass is 10.0. The van der Waals surface area contributed by atoms with Crippen molar-refractivity contribution in [1.29, 1.82) is 0 Å². The molecule has 2 aliphatic heterocycles. The van der Waals surface area contributed by atoms with Crippen molar-refractivity contribution >= 4 is 35.2 Å². The maximum absolute atomic E-state index is 13.7. The van der Waals surface area contributed by atoms with Crippen molar-refractivity contribution in [1.82, 2.24) is 4.90 Å². The summed E-state index contributed by atoms with van der Waals surface area (Å²) in [6.45, 7) is 1.27. The number of benzene rings is 4. The van der Waals surface area contributed by atoms with Crippen LogP contribution in [0, 0.1) is 0 Å². The molecule has 6 rings (SSSR count). The van der Waals surface area contributed by atoms with E-state index in [-0.39, 0.29) is 28.2 Å². The van der Waals surface area contributed by atoms with Gasteiger partial charge in [0.15, 0.2) is 5.78 Å². The Bertz CT molecular complexity index is 1680. The third kappa shape index (κ3) is 4.25. The van der Waals surface area contributed by atoms with E-state index in [4.69, 9.17) is 4.74 Å². The Morgan fingerprint density at radius 1 is 0.700 bits per heavy atom. The van der Waals surface area contributed by atoms with E-state index in [1.807, 2.05) is 36.4 Å². The molecule has 0 aromatic heterocycles. The smallest absolute Gasteiger partial charge is 0.308 e. The molecule has 196 valence electrons. The number of fused-ring (bicyclic) bond motifs is 1. The van der Waals surface area contributed by atoms with Gasteiger partial charge in [-0.3, -0.25) is 24.0 Å². The van der Waals surface area contributed by atoms with E-state index in [0.29, 0.717) is 11.3 Å². The van der Waals surface area contributed by atoms with Gasteiger partial charge >= 0.3 is 5.97 Å². The lowest BCUT2D eigenvalue weighted by Crippen LogP contribution is -2.29. The molecule has 0 unspecified atom stereocenters. The summed E-state index contributed by atoms with van der Waals surface area (Å²) in [6, 6.07) is 27.4. The van der Waals surface area contributed by atoms with Gasteiger partial charge in [-0.1, -0.05) is 60.7 Å². The Kier molecular flexibility index (Phi) is 6.07. The highest BCUT2D eigenvalue weighted by Crippen LogP contribution is 2.46. The van der Waals surface area contributed by atoms with Gasteiger partial charge in [-0.25, -0.2) is 4.90 Å². The first-order valence-corrected chi connectivity index (χ1v) is 12.6. The number of rotatable bonds is 6. The van der Waals surface area contributed by atoms with Gasteiger partial charge in [0.1, 0.15) is 11.8 Å². The van der Waals surface area contributed by atoms with Crippen molar-refractivity contribution in [2.24, 2.45) is 0 Å². The van der Waals surface area contributed by atoms with Gasteiger partial charge in [0, 0.05) is 18.1 Å². The Labute approximate surface area is 229 Å². The number of nitrogens with zero attached hydrogens (tertiary/aromatic N) is 2. The molecule has 4 aromatic rings. The number of ether oxygens (including phenoxy) is 1. The van der Waals surface area contributed by atoms with Crippen LogP contribution in [-0.2, 0) is 4.79 Å². The molecular formula is C32H22N2O6. The predicted molar refractivity (Wildman–Crippen MR) is 145 cm³/mol. The van der Waals surface area contributed by atoms with Crippen molar-refractivity contribution in [3.05, 3.63) is 131 Å².